The van der Waals surface area contributed by atoms with Gasteiger partial charge in [0.15, 0.2) is 5.82 Å². The first-order valence-electron chi connectivity index (χ1n) is 8.38. The molecule has 3 aromatic rings. The van der Waals surface area contributed by atoms with Gasteiger partial charge >= 0.3 is 0 Å². The van der Waals surface area contributed by atoms with Crippen LogP contribution in [0.15, 0.2) is 15.0 Å². The lowest BCUT2D eigenvalue weighted by Gasteiger charge is -2.28. The van der Waals surface area contributed by atoms with Crippen LogP contribution in [0.25, 0.3) is 11.1 Å². The highest BCUT2D eigenvalue weighted by molar-refractivity contribution is 6.15. The number of nitrogens with zero attached hydrogens (tertiary/aromatic N) is 4. The Morgan fingerprint density at radius 3 is 2.65 bits per heavy atom. The van der Waals surface area contributed by atoms with Crippen LogP contribution in [0.5, 0.6) is 0 Å². The van der Waals surface area contributed by atoms with Crippen LogP contribution in [0.2, 0.25) is 0 Å². The second kappa shape index (κ2) is 6.41. The first kappa shape index (κ1) is 16.5. The molecule has 0 aliphatic carbocycles. The summed E-state index contributed by atoms with van der Waals surface area (Å²) in [6.07, 6.45) is 0. The second-order valence-electron chi connectivity index (χ2n) is 6.18. The molecule has 3 aromatic heterocycles. The molecule has 4 rings (SSSR count). The van der Waals surface area contributed by atoms with Crippen molar-refractivity contribution in [3.63, 3.8) is 0 Å². The van der Waals surface area contributed by atoms with E-state index in [0.717, 1.165) is 0 Å². The topological polar surface area (TPSA) is 107 Å². The fourth-order valence-corrected chi connectivity index (χ4v) is 3.08. The molecule has 1 aliphatic heterocycles. The van der Waals surface area contributed by atoms with E-state index in [0.29, 0.717) is 71.9 Å². The molecular formula is C17H19N5O4. The zero-order valence-electron chi connectivity index (χ0n) is 14.8. The molecule has 0 atom stereocenters. The molecule has 1 N–H and O–H groups in total. The average molecular weight is 357 g/mol. The molecule has 9 nitrogen and oxygen atoms in total. The number of hydrogen-bond donors (Lipinski definition) is 1. The minimum atomic E-state index is -0.337. The number of aromatic nitrogens is 3. The third kappa shape index (κ3) is 2.90. The lowest BCUT2D eigenvalue weighted by Crippen LogP contribution is -2.37. The number of nitrogens with one attached hydrogen (secondary N) is 1. The monoisotopic (exact) mass is 357 g/mol. The largest absolute Gasteiger partial charge is 0.442 e. The smallest absolute Gasteiger partial charge is 0.261 e. The highest BCUT2D eigenvalue weighted by Gasteiger charge is 2.27. The lowest BCUT2D eigenvalue weighted by molar-refractivity contribution is 0.102. The van der Waals surface area contributed by atoms with Crippen molar-refractivity contribution in [2.45, 2.75) is 20.8 Å². The Bertz CT molecular complexity index is 971. The summed E-state index contributed by atoms with van der Waals surface area (Å²) in [6.45, 7) is 7.91. The summed E-state index contributed by atoms with van der Waals surface area (Å²) in [5.41, 5.74) is 0.806. The van der Waals surface area contributed by atoms with E-state index in [1.165, 1.54) is 0 Å². The Labute approximate surface area is 149 Å². The van der Waals surface area contributed by atoms with Gasteiger partial charge in [0.05, 0.1) is 24.2 Å². The molecule has 136 valence electrons. The van der Waals surface area contributed by atoms with E-state index >= 15 is 0 Å². The molecule has 0 bridgehead atoms. The number of ether oxygens (including phenoxy) is 1. The number of anilines is 2. The maximum absolute atomic E-state index is 12.9. The van der Waals surface area contributed by atoms with E-state index in [9.17, 15) is 4.79 Å². The molecule has 1 fully saturated rings. The van der Waals surface area contributed by atoms with Crippen molar-refractivity contribution >= 4 is 28.6 Å². The Kier molecular flexibility index (Phi) is 4.08. The Morgan fingerprint density at radius 1 is 1.19 bits per heavy atom. The molecule has 0 unspecified atom stereocenters. The van der Waals surface area contributed by atoms with Gasteiger partial charge in [0.2, 0.25) is 5.71 Å². The number of carbonyl (C=O) groups excluding carboxylic acids is 1. The lowest BCUT2D eigenvalue weighted by atomic mass is 10.1. The molecule has 0 aromatic carbocycles. The fourth-order valence-electron chi connectivity index (χ4n) is 3.08. The van der Waals surface area contributed by atoms with Gasteiger partial charge < -0.3 is 23.9 Å². The minimum Gasteiger partial charge on any atom is -0.442 e. The molecule has 1 saturated heterocycles. The van der Waals surface area contributed by atoms with Crippen molar-refractivity contribution in [3.8, 4) is 0 Å². The number of aryl methyl sites for hydroxylation is 3. The van der Waals surface area contributed by atoms with Crippen molar-refractivity contribution in [1.82, 2.24) is 15.1 Å². The summed E-state index contributed by atoms with van der Waals surface area (Å²) < 4.78 is 16.2. The first-order valence-corrected chi connectivity index (χ1v) is 8.38. The standard InChI is InChI=1S/C17H19N5O4/c1-9-8-12(21-26-9)20-16(23)13-10(2)25-17-14(13)15(18-11(3)19-17)22-4-6-24-7-5-22/h8H,4-7H2,1-3H3,(H,20,21,23). The van der Waals surface area contributed by atoms with Crippen molar-refractivity contribution in [2.75, 3.05) is 36.5 Å². The van der Waals surface area contributed by atoms with Gasteiger partial charge in [-0.15, -0.1) is 0 Å². The van der Waals surface area contributed by atoms with Gasteiger partial charge in [0.25, 0.3) is 5.91 Å². The van der Waals surface area contributed by atoms with Gasteiger partial charge in [-0.2, -0.15) is 4.98 Å². The summed E-state index contributed by atoms with van der Waals surface area (Å²) in [4.78, 5) is 23.9. The van der Waals surface area contributed by atoms with E-state index in [1.807, 2.05) is 0 Å². The summed E-state index contributed by atoms with van der Waals surface area (Å²) in [5.74, 6) is 2.38. The summed E-state index contributed by atoms with van der Waals surface area (Å²) in [7, 11) is 0. The number of hydrogen-bond acceptors (Lipinski definition) is 8. The highest BCUT2D eigenvalue weighted by Crippen LogP contribution is 2.32. The van der Waals surface area contributed by atoms with Crippen molar-refractivity contribution < 1.29 is 18.5 Å². The molecule has 0 saturated carbocycles. The predicted octanol–water partition coefficient (Wildman–Crippen LogP) is 2.22. The van der Waals surface area contributed by atoms with E-state index < -0.39 is 0 Å². The number of morpholine rings is 1. The SMILES string of the molecule is Cc1nc(N2CCOCC2)c2c(C(=O)Nc3cc(C)on3)c(C)oc2n1. The van der Waals surface area contributed by atoms with Gasteiger partial charge in [-0.3, -0.25) is 4.79 Å². The third-order valence-corrected chi connectivity index (χ3v) is 4.23. The number of furan rings is 1. The van der Waals surface area contributed by atoms with Crippen molar-refractivity contribution in [3.05, 3.63) is 29.0 Å². The van der Waals surface area contributed by atoms with Crippen molar-refractivity contribution in [1.29, 1.82) is 0 Å². The Morgan fingerprint density at radius 2 is 1.96 bits per heavy atom. The highest BCUT2D eigenvalue weighted by atomic mass is 16.5. The first-order chi connectivity index (χ1) is 12.5. The number of fused-ring (bicyclic) bond motifs is 1. The van der Waals surface area contributed by atoms with E-state index in [4.69, 9.17) is 13.7 Å². The molecule has 1 amide bonds. The minimum absolute atomic E-state index is 0.337. The summed E-state index contributed by atoms with van der Waals surface area (Å²) in [5, 5.41) is 7.15. The Hall–Kier alpha value is -2.94. The van der Waals surface area contributed by atoms with Crippen molar-refractivity contribution in [2.24, 2.45) is 0 Å². The van der Waals surface area contributed by atoms with Gasteiger partial charge in [0, 0.05) is 19.2 Å². The van der Waals surface area contributed by atoms with Crippen LogP contribution in [-0.2, 0) is 4.74 Å². The quantitative estimate of drug-likeness (QED) is 0.760. The van der Waals surface area contributed by atoms with Crippen LogP contribution in [0, 0.1) is 20.8 Å². The summed E-state index contributed by atoms with van der Waals surface area (Å²) >= 11 is 0. The van der Waals surface area contributed by atoms with E-state index in [1.54, 1.807) is 26.8 Å². The van der Waals surface area contributed by atoms with Gasteiger partial charge in [-0.1, -0.05) is 5.16 Å². The number of carbonyl (C=O) groups is 1. The third-order valence-electron chi connectivity index (χ3n) is 4.23. The molecular weight excluding hydrogens is 338 g/mol. The van der Waals surface area contributed by atoms with E-state index in [2.05, 4.69) is 25.3 Å². The normalized spacial score (nSPS) is 14.8. The fraction of sp³-hybridized carbons (Fsp3) is 0.412. The van der Waals surface area contributed by atoms with Crippen LogP contribution >= 0.6 is 0 Å². The average Bonchev–Trinajstić information content (AvgIpc) is 3.16. The second-order valence-corrected chi connectivity index (χ2v) is 6.18. The maximum atomic E-state index is 12.9. The zero-order valence-corrected chi connectivity index (χ0v) is 14.8. The van der Waals surface area contributed by atoms with Crippen LogP contribution < -0.4 is 10.2 Å². The molecule has 1 aliphatic rings. The number of amides is 1. The van der Waals surface area contributed by atoms with Crippen LogP contribution in [0.4, 0.5) is 11.6 Å². The van der Waals surface area contributed by atoms with Gasteiger partial charge in [0.1, 0.15) is 23.2 Å². The predicted molar refractivity (Wildman–Crippen MR) is 93.5 cm³/mol. The molecule has 4 heterocycles. The Balaban J connectivity index is 1.80. The zero-order chi connectivity index (χ0) is 18.3. The molecule has 26 heavy (non-hydrogen) atoms. The molecule has 9 heteroatoms. The number of rotatable bonds is 3. The maximum Gasteiger partial charge on any atom is 0.261 e. The van der Waals surface area contributed by atoms with Gasteiger partial charge in [-0.05, 0) is 20.8 Å². The van der Waals surface area contributed by atoms with Crippen LogP contribution in [0.3, 0.4) is 0 Å². The summed E-state index contributed by atoms with van der Waals surface area (Å²) in [6, 6.07) is 1.65. The molecule has 0 radical (unpaired) electrons. The van der Waals surface area contributed by atoms with Crippen LogP contribution in [-0.4, -0.2) is 47.3 Å². The molecule has 0 spiro atoms. The van der Waals surface area contributed by atoms with Crippen LogP contribution in [0.1, 0.15) is 27.7 Å². The van der Waals surface area contributed by atoms with Gasteiger partial charge in [-0.25, -0.2) is 4.98 Å². The van der Waals surface area contributed by atoms with E-state index in [-0.39, 0.29) is 5.91 Å².